The van der Waals surface area contributed by atoms with Crippen molar-refractivity contribution in [3.8, 4) is 22.8 Å². The van der Waals surface area contributed by atoms with Gasteiger partial charge in [0.2, 0.25) is 16.8 Å². The van der Waals surface area contributed by atoms with Crippen molar-refractivity contribution in [2.45, 2.75) is 11.4 Å². The minimum absolute atomic E-state index is 0.195. The summed E-state index contributed by atoms with van der Waals surface area (Å²) in [6.45, 7) is 2.17. The number of hydrogen-bond acceptors (Lipinski definition) is 7. The van der Waals surface area contributed by atoms with Crippen LogP contribution in [0.2, 0.25) is 0 Å². The van der Waals surface area contributed by atoms with Crippen molar-refractivity contribution in [1.29, 1.82) is 0 Å². The molecule has 1 saturated heterocycles. The number of fused-ring (bicyclic) bond motifs is 1. The third-order valence-corrected chi connectivity index (χ3v) is 9.16. The summed E-state index contributed by atoms with van der Waals surface area (Å²) in [5.74, 6) is 1.07. The van der Waals surface area contributed by atoms with Crippen LogP contribution in [0.25, 0.3) is 11.3 Å². The molecule has 3 heterocycles. The first-order chi connectivity index (χ1) is 18.5. The fraction of sp³-hybridized carbons (Fsp3) is 0.222. The van der Waals surface area contributed by atoms with Crippen LogP contribution in [0.1, 0.15) is 5.56 Å². The van der Waals surface area contributed by atoms with Crippen LogP contribution in [-0.2, 0) is 21.3 Å². The lowest BCUT2D eigenvalue weighted by Gasteiger charge is -2.26. The van der Waals surface area contributed by atoms with Crippen molar-refractivity contribution in [2.24, 2.45) is 4.99 Å². The van der Waals surface area contributed by atoms with Crippen LogP contribution in [0.5, 0.6) is 11.5 Å². The van der Waals surface area contributed by atoms with Crippen LogP contribution in [0, 0.1) is 5.82 Å². The summed E-state index contributed by atoms with van der Waals surface area (Å²) in [5, 5.41) is 1.99. The van der Waals surface area contributed by atoms with Crippen molar-refractivity contribution >= 4 is 27.0 Å². The second-order valence-electron chi connectivity index (χ2n) is 8.81. The summed E-state index contributed by atoms with van der Waals surface area (Å²) in [7, 11) is -3.59. The molecule has 1 fully saturated rings. The molecular weight excluding hydrogens is 529 g/mol. The quantitative estimate of drug-likeness (QED) is 0.354. The molecule has 38 heavy (non-hydrogen) atoms. The van der Waals surface area contributed by atoms with Crippen LogP contribution >= 0.6 is 11.3 Å². The summed E-state index contributed by atoms with van der Waals surface area (Å²) in [4.78, 5) is 5.72. The van der Waals surface area contributed by atoms with Crippen molar-refractivity contribution in [3.63, 3.8) is 0 Å². The number of morpholine rings is 1. The van der Waals surface area contributed by atoms with Crippen molar-refractivity contribution in [3.05, 3.63) is 88.3 Å². The Labute approximate surface area is 223 Å². The van der Waals surface area contributed by atoms with Gasteiger partial charge in [-0.15, -0.1) is 11.3 Å². The van der Waals surface area contributed by atoms with Crippen molar-refractivity contribution in [2.75, 3.05) is 33.1 Å². The van der Waals surface area contributed by atoms with E-state index in [1.165, 1.54) is 27.8 Å². The highest BCUT2D eigenvalue weighted by molar-refractivity contribution is 7.89. The molecule has 2 aliphatic rings. The molecule has 8 nitrogen and oxygen atoms in total. The average Bonchev–Trinajstić information content (AvgIpc) is 3.57. The Balaban J connectivity index is 1.38. The van der Waals surface area contributed by atoms with Gasteiger partial charge < -0.3 is 18.8 Å². The fourth-order valence-corrected chi connectivity index (χ4v) is 6.72. The SMILES string of the molecule is O=S(=O)(c1ccc(-c2csc(=Nc3ccc(F)cc3)n2Cc2ccc3c(c2)OCO3)cc1)N1CCOCC1. The van der Waals surface area contributed by atoms with Crippen LogP contribution < -0.4 is 14.3 Å². The number of aromatic nitrogens is 1. The molecule has 11 heteroatoms. The van der Waals surface area contributed by atoms with Gasteiger partial charge in [-0.05, 0) is 59.7 Å². The number of hydrogen-bond donors (Lipinski definition) is 0. The molecule has 0 saturated carbocycles. The molecule has 0 radical (unpaired) electrons. The normalized spacial score (nSPS) is 16.2. The molecule has 0 spiro atoms. The van der Waals surface area contributed by atoms with Gasteiger partial charge in [-0.1, -0.05) is 18.2 Å². The van der Waals surface area contributed by atoms with E-state index in [1.54, 1.807) is 24.3 Å². The Kier molecular flexibility index (Phi) is 6.75. The smallest absolute Gasteiger partial charge is 0.243 e. The van der Waals surface area contributed by atoms with Crippen molar-refractivity contribution in [1.82, 2.24) is 8.87 Å². The summed E-state index contributed by atoms with van der Waals surface area (Å²) < 4.78 is 59.4. The standard InChI is InChI=1S/C27H24FN3O5S2/c28-21-4-6-22(7-5-21)29-27-31(16-19-1-10-25-26(15-19)36-18-35-25)24(17-37-27)20-2-8-23(9-3-20)38(32,33)30-11-13-34-14-12-30/h1-10,15,17H,11-14,16,18H2. The first-order valence-corrected chi connectivity index (χ1v) is 14.3. The Bertz CT molecular complexity index is 1620. The monoisotopic (exact) mass is 553 g/mol. The first kappa shape index (κ1) is 24.8. The maximum Gasteiger partial charge on any atom is 0.243 e. The van der Waals surface area contributed by atoms with E-state index in [9.17, 15) is 12.8 Å². The van der Waals surface area contributed by atoms with E-state index in [-0.39, 0.29) is 17.5 Å². The topological polar surface area (TPSA) is 82.4 Å². The predicted octanol–water partition coefficient (Wildman–Crippen LogP) is 4.39. The number of halogens is 1. The largest absolute Gasteiger partial charge is 0.454 e. The average molecular weight is 554 g/mol. The third-order valence-electron chi connectivity index (χ3n) is 6.38. The lowest BCUT2D eigenvalue weighted by molar-refractivity contribution is 0.0730. The number of benzene rings is 3. The number of thiazole rings is 1. The molecule has 6 rings (SSSR count). The minimum atomic E-state index is -3.59. The lowest BCUT2D eigenvalue weighted by Crippen LogP contribution is -2.40. The highest BCUT2D eigenvalue weighted by atomic mass is 32.2. The number of sulfonamides is 1. The van der Waals surface area contributed by atoms with Gasteiger partial charge in [0.05, 0.1) is 36.0 Å². The lowest BCUT2D eigenvalue weighted by atomic mass is 10.1. The van der Waals surface area contributed by atoms with Gasteiger partial charge in [0.15, 0.2) is 16.3 Å². The van der Waals surface area contributed by atoms with Gasteiger partial charge in [0, 0.05) is 18.5 Å². The maximum atomic E-state index is 13.4. The van der Waals surface area contributed by atoms with Gasteiger partial charge in [-0.25, -0.2) is 17.8 Å². The molecule has 4 aromatic rings. The molecule has 1 aromatic heterocycles. The molecule has 2 aliphatic heterocycles. The zero-order chi connectivity index (χ0) is 26.1. The Morgan fingerprint density at radius 1 is 0.921 bits per heavy atom. The van der Waals surface area contributed by atoms with E-state index in [2.05, 4.69) is 4.57 Å². The van der Waals surface area contributed by atoms with Crippen LogP contribution in [0.3, 0.4) is 0 Å². The second kappa shape index (κ2) is 10.3. The van der Waals surface area contributed by atoms with Crippen LogP contribution in [0.4, 0.5) is 10.1 Å². The zero-order valence-electron chi connectivity index (χ0n) is 20.2. The molecule has 0 amide bonds. The van der Waals surface area contributed by atoms with E-state index < -0.39 is 10.0 Å². The van der Waals surface area contributed by atoms with E-state index in [1.807, 2.05) is 35.7 Å². The number of nitrogens with zero attached hydrogens (tertiary/aromatic N) is 3. The van der Waals surface area contributed by atoms with E-state index >= 15 is 0 Å². The summed E-state index contributed by atoms with van der Waals surface area (Å²) in [6.07, 6.45) is 0. The Morgan fingerprint density at radius 2 is 1.66 bits per heavy atom. The summed E-state index contributed by atoms with van der Waals surface area (Å²) in [5.41, 5.74) is 3.35. The summed E-state index contributed by atoms with van der Waals surface area (Å²) in [6, 6.07) is 18.7. The predicted molar refractivity (Wildman–Crippen MR) is 141 cm³/mol. The zero-order valence-corrected chi connectivity index (χ0v) is 21.9. The molecule has 0 unspecified atom stereocenters. The van der Waals surface area contributed by atoms with E-state index in [0.29, 0.717) is 54.8 Å². The van der Waals surface area contributed by atoms with Gasteiger partial charge in [-0.2, -0.15) is 4.31 Å². The molecule has 196 valence electrons. The molecular formula is C27H24FN3O5S2. The highest BCUT2D eigenvalue weighted by Crippen LogP contribution is 2.33. The molecule has 3 aromatic carbocycles. The van der Waals surface area contributed by atoms with Crippen LogP contribution in [-0.4, -0.2) is 50.4 Å². The van der Waals surface area contributed by atoms with Gasteiger partial charge in [-0.3, -0.25) is 0 Å². The molecule has 0 N–H and O–H groups in total. The van der Waals surface area contributed by atoms with E-state index in [0.717, 1.165) is 16.8 Å². The maximum absolute atomic E-state index is 13.4. The third kappa shape index (κ3) is 4.97. The van der Waals surface area contributed by atoms with Crippen LogP contribution in [0.15, 0.2) is 82.0 Å². The summed E-state index contributed by atoms with van der Waals surface area (Å²) >= 11 is 1.45. The molecule has 0 atom stereocenters. The Hall–Kier alpha value is -3.51. The second-order valence-corrected chi connectivity index (χ2v) is 11.6. The van der Waals surface area contributed by atoms with E-state index in [4.69, 9.17) is 19.2 Å². The molecule has 0 bridgehead atoms. The van der Waals surface area contributed by atoms with Gasteiger partial charge in [0.25, 0.3) is 0 Å². The highest BCUT2D eigenvalue weighted by Gasteiger charge is 2.26. The Morgan fingerprint density at radius 3 is 2.42 bits per heavy atom. The molecule has 0 aliphatic carbocycles. The van der Waals surface area contributed by atoms with Gasteiger partial charge >= 0.3 is 0 Å². The first-order valence-electron chi connectivity index (χ1n) is 12.0. The van der Waals surface area contributed by atoms with Crippen molar-refractivity contribution < 1.29 is 27.0 Å². The minimum Gasteiger partial charge on any atom is -0.454 e. The number of rotatable bonds is 6. The number of ether oxygens (including phenoxy) is 3. The van der Waals surface area contributed by atoms with Gasteiger partial charge in [0.1, 0.15) is 5.82 Å². The fourth-order valence-electron chi connectivity index (χ4n) is 4.38.